The first-order chi connectivity index (χ1) is 12.6. The number of benzene rings is 1. The number of hydrogen-bond donors (Lipinski definition) is 1. The SMILES string of the molecule is O=C(OCc1ccccc1)N1CC(=O)N2C[C@@H](CO)n3c2c1ccc3=O. The lowest BCUT2D eigenvalue weighted by Crippen LogP contribution is -2.48. The molecule has 2 aliphatic heterocycles. The number of aromatic nitrogens is 1. The number of pyridine rings is 1. The van der Waals surface area contributed by atoms with Gasteiger partial charge in [-0.2, -0.15) is 0 Å². The van der Waals surface area contributed by atoms with Crippen LogP contribution in [0.5, 0.6) is 0 Å². The Labute approximate surface area is 148 Å². The number of anilines is 2. The molecule has 1 aromatic carbocycles. The molecule has 1 atom stereocenters. The van der Waals surface area contributed by atoms with Crippen LogP contribution in [0.2, 0.25) is 0 Å². The normalized spacial score (nSPS) is 18.0. The molecule has 2 aromatic rings. The molecule has 0 saturated carbocycles. The van der Waals surface area contributed by atoms with Crippen LogP contribution >= 0.6 is 0 Å². The fourth-order valence-electron chi connectivity index (χ4n) is 3.37. The minimum Gasteiger partial charge on any atom is -0.444 e. The van der Waals surface area contributed by atoms with Crippen molar-refractivity contribution in [3.8, 4) is 0 Å². The molecule has 1 aromatic heterocycles. The summed E-state index contributed by atoms with van der Waals surface area (Å²) in [6.07, 6.45) is -0.657. The van der Waals surface area contributed by atoms with Crippen molar-refractivity contribution < 1.29 is 19.4 Å². The van der Waals surface area contributed by atoms with E-state index < -0.39 is 12.1 Å². The molecule has 3 heterocycles. The van der Waals surface area contributed by atoms with Gasteiger partial charge in [0.1, 0.15) is 19.0 Å². The van der Waals surface area contributed by atoms with E-state index in [1.54, 1.807) is 0 Å². The minimum absolute atomic E-state index is 0.0856. The largest absolute Gasteiger partial charge is 0.444 e. The number of hydrogen-bond acceptors (Lipinski definition) is 5. The van der Waals surface area contributed by atoms with Crippen LogP contribution in [0.4, 0.5) is 16.3 Å². The lowest BCUT2D eigenvalue weighted by Gasteiger charge is -2.32. The van der Waals surface area contributed by atoms with Gasteiger partial charge in [-0.05, 0) is 11.6 Å². The van der Waals surface area contributed by atoms with Crippen molar-refractivity contribution in [2.75, 3.05) is 29.5 Å². The maximum Gasteiger partial charge on any atom is 0.415 e. The number of amides is 2. The molecule has 0 fully saturated rings. The van der Waals surface area contributed by atoms with E-state index in [0.29, 0.717) is 11.5 Å². The average Bonchev–Trinajstić information content (AvgIpc) is 3.07. The maximum atomic E-state index is 12.6. The van der Waals surface area contributed by atoms with Crippen molar-refractivity contribution in [2.24, 2.45) is 0 Å². The summed E-state index contributed by atoms with van der Waals surface area (Å²) in [5.41, 5.74) is 0.941. The predicted octanol–water partition coefficient (Wildman–Crippen LogP) is 0.885. The Bertz CT molecular complexity index is 924. The first-order valence-electron chi connectivity index (χ1n) is 8.25. The molecule has 0 saturated heterocycles. The Morgan fingerprint density at radius 1 is 1.15 bits per heavy atom. The van der Waals surface area contributed by atoms with Crippen molar-refractivity contribution in [3.05, 3.63) is 58.4 Å². The van der Waals surface area contributed by atoms with E-state index in [2.05, 4.69) is 0 Å². The molecular weight excluding hydrogens is 338 g/mol. The third-order valence-corrected chi connectivity index (χ3v) is 4.61. The fraction of sp³-hybridized carbons (Fsp3) is 0.278. The second-order valence-corrected chi connectivity index (χ2v) is 6.22. The Morgan fingerprint density at radius 3 is 2.65 bits per heavy atom. The Morgan fingerprint density at radius 2 is 1.92 bits per heavy atom. The maximum absolute atomic E-state index is 12.6. The summed E-state index contributed by atoms with van der Waals surface area (Å²) in [5.74, 6) is 0.0222. The van der Waals surface area contributed by atoms with Crippen LogP contribution in [0.15, 0.2) is 47.3 Å². The van der Waals surface area contributed by atoms with Crippen molar-refractivity contribution in [1.82, 2.24) is 4.57 Å². The highest BCUT2D eigenvalue weighted by molar-refractivity contribution is 6.09. The van der Waals surface area contributed by atoms with Gasteiger partial charge in [0.2, 0.25) is 5.91 Å². The lowest BCUT2D eigenvalue weighted by atomic mass is 10.2. The highest BCUT2D eigenvalue weighted by Crippen LogP contribution is 2.39. The molecule has 0 aliphatic carbocycles. The van der Waals surface area contributed by atoms with Gasteiger partial charge in [-0.15, -0.1) is 0 Å². The quantitative estimate of drug-likeness (QED) is 0.883. The summed E-state index contributed by atoms with van der Waals surface area (Å²) in [6, 6.07) is 11.6. The molecule has 0 bridgehead atoms. The van der Waals surface area contributed by atoms with Gasteiger partial charge in [-0.1, -0.05) is 30.3 Å². The second kappa shape index (κ2) is 6.30. The summed E-state index contributed by atoms with van der Waals surface area (Å²) in [7, 11) is 0. The third-order valence-electron chi connectivity index (χ3n) is 4.61. The van der Waals surface area contributed by atoms with E-state index in [9.17, 15) is 19.5 Å². The van der Waals surface area contributed by atoms with Crippen molar-refractivity contribution >= 4 is 23.5 Å². The molecule has 2 amide bonds. The molecule has 0 radical (unpaired) electrons. The van der Waals surface area contributed by atoms with Gasteiger partial charge in [0.15, 0.2) is 0 Å². The number of aliphatic hydroxyl groups excluding tert-OH is 1. The second-order valence-electron chi connectivity index (χ2n) is 6.22. The Balaban J connectivity index is 1.65. The van der Waals surface area contributed by atoms with Gasteiger partial charge in [0.25, 0.3) is 5.56 Å². The number of aliphatic hydroxyl groups is 1. The summed E-state index contributed by atoms with van der Waals surface area (Å²) in [5, 5.41) is 9.53. The van der Waals surface area contributed by atoms with Crippen LogP contribution in [0.25, 0.3) is 0 Å². The van der Waals surface area contributed by atoms with Gasteiger partial charge < -0.3 is 9.84 Å². The molecule has 0 unspecified atom stereocenters. The number of ether oxygens (including phenoxy) is 1. The summed E-state index contributed by atoms with van der Waals surface area (Å²) >= 11 is 0. The molecule has 8 heteroatoms. The zero-order chi connectivity index (χ0) is 18.3. The number of carbonyl (C=O) groups is 2. The van der Waals surface area contributed by atoms with Gasteiger partial charge in [-0.25, -0.2) is 4.79 Å². The first kappa shape index (κ1) is 16.3. The van der Waals surface area contributed by atoms with Crippen LogP contribution in [0, 0.1) is 0 Å². The van der Waals surface area contributed by atoms with Crippen LogP contribution in [0.1, 0.15) is 11.6 Å². The fourth-order valence-corrected chi connectivity index (χ4v) is 3.37. The molecule has 1 N–H and O–H groups in total. The van der Waals surface area contributed by atoms with Crippen molar-refractivity contribution in [1.29, 1.82) is 0 Å². The Kier molecular flexibility index (Phi) is 3.96. The number of carbonyl (C=O) groups excluding carboxylic acids is 2. The topological polar surface area (TPSA) is 92.1 Å². The first-order valence-corrected chi connectivity index (χ1v) is 8.25. The van der Waals surface area contributed by atoms with Crippen molar-refractivity contribution in [2.45, 2.75) is 12.6 Å². The highest BCUT2D eigenvalue weighted by Gasteiger charge is 2.42. The molecule has 26 heavy (non-hydrogen) atoms. The molecule has 134 valence electrons. The summed E-state index contributed by atoms with van der Waals surface area (Å²) < 4.78 is 6.70. The molecule has 0 spiro atoms. The summed E-state index contributed by atoms with van der Waals surface area (Å²) in [6.45, 7) is -0.133. The van der Waals surface area contributed by atoms with E-state index in [0.717, 1.165) is 5.56 Å². The van der Waals surface area contributed by atoms with Crippen LogP contribution in [-0.4, -0.2) is 41.4 Å². The van der Waals surface area contributed by atoms with E-state index >= 15 is 0 Å². The smallest absolute Gasteiger partial charge is 0.415 e. The van der Waals surface area contributed by atoms with E-state index in [-0.39, 0.29) is 37.8 Å². The molecule has 2 aliphatic rings. The summed E-state index contributed by atoms with van der Waals surface area (Å²) in [4.78, 5) is 39.9. The van der Waals surface area contributed by atoms with E-state index in [4.69, 9.17) is 4.74 Å². The average molecular weight is 355 g/mol. The van der Waals surface area contributed by atoms with Gasteiger partial charge in [0, 0.05) is 6.07 Å². The third kappa shape index (κ3) is 2.55. The standard InChI is InChI=1S/C18H17N3O5/c22-10-13-8-20-16(24)9-19(14-6-7-15(23)21(13)17(14)20)18(25)26-11-12-4-2-1-3-5-12/h1-7,13,22H,8-11H2/t13-/m0/s1. The van der Waals surface area contributed by atoms with Gasteiger partial charge >= 0.3 is 6.09 Å². The van der Waals surface area contributed by atoms with Gasteiger partial charge in [0.05, 0.1) is 24.9 Å². The highest BCUT2D eigenvalue weighted by atomic mass is 16.6. The van der Waals surface area contributed by atoms with Crippen LogP contribution in [0.3, 0.4) is 0 Å². The monoisotopic (exact) mass is 355 g/mol. The molecular formula is C18H17N3O5. The molecule has 4 rings (SSSR count). The van der Waals surface area contributed by atoms with E-state index in [1.807, 2.05) is 30.3 Å². The lowest BCUT2D eigenvalue weighted by molar-refractivity contribution is -0.117. The zero-order valence-corrected chi connectivity index (χ0v) is 13.9. The van der Waals surface area contributed by atoms with Crippen molar-refractivity contribution in [3.63, 3.8) is 0 Å². The van der Waals surface area contributed by atoms with Crippen LogP contribution < -0.4 is 15.4 Å². The van der Waals surface area contributed by atoms with Crippen LogP contribution in [-0.2, 0) is 16.1 Å². The number of nitrogens with zero attached hydrogens (tertiary/aromatic N) is 3. The minimum atomic E-state index is -0.657. The Hall–Kier alpha value is -3.13. The predicted molar refractivity (Wildman–Crippen MR) is 93.2 cm³/mol. The van der Waals surface area contributed by atoms with Gasteiger partial charge in [-0.3, -0.25) is 24.0 Å². The van der Waals surface area contributed by atoms with E-state index in [1.165, 1.54) is 26.5 Å². The molecule has 8 nitrogen and oxygen atoms in total. The number of rotatable bonds is 3. The zero-order valence-electron chi connectivity index (χ0n) is 13.9.